The van der Waals surface area contributed by atoms with E-state index in [2.05, 4.69) is 0 Å². The van der Waals surface area contributed by atoms with Gasteiger partial charge in [-0.3, -0.25) is 4.79 Å². The summed E-state index contributed by atoms with van der Waals surface area (Å²) in [5, 5.41) is -0.169. The van der Waals surface area contributed by atoms with Crippen molar-refractivity contribution in [3.05, 3.63) is 17.9 Å². The topological polar surface area (TPSA) is 67.6 Å². The lowest BCUT2D eigenvalue weighted by molar-refractivity contribution is 0.109. The molecule has 0 fully saturated rings. The van der Waals surface area contributed by atoms with Gasteiger partial charge in [0.2, 0.25) is 5.09 Å². The predicted octanol–water partition coefficient (Wildman–Crippen LogP) is 1.90. The third-order valence-corrected chi connectivity index (χ3v) is 4.27. The molecule has 0 aliphatic rings. The normalized spacial score (nSPS) is 11.9. The second kappa shape index (κ2) is 5.97. The number of hydrogen-bond acceptors (Lipinski definition) is 4. The summed E-state index contributed by atoms with van der Waals surface area (Å²) in [5.74, 6) is 0.0233. The van der Waals surface area contributed by atoms with Crippen LogP contribution in [0.3, 0.4) is 0 Å². The fraction of sp³-hybridized carbons (Fsp3) is 0.545. The number of carbonyl (C=O) groups is 1. The molecule has 1 aromatic rings. The fourth-order valence-electron chi connectivity index (χ4n) is 1.45. The quantitative estimate of drug-likeness (QED) is 0.701. The van der Waals surface area contributed by atoms with Gasteiger partial charge in [-0.05, 0) is 18.6 Å². The van der Waals surface area contributed by atoms with E-state index in [0.29, 0.717) is 19.4 Å². The van der Waals surface area contributed by atoms with E-state index in [1.807, 2.05) is 6.92 Å². The number of sulfonamides is 1. The van der Waals surface area contributed by atoms with Crippen LogP contribution in [0.1, 0.15) is 37.2 Å². The van der Waals surface area contributed by atoms with Crippen molar-refractivity contribution in [1.29, 1.82) is 0 Å². The van der Waals surface area contributed by atoms with Gasteiger partial charge in [0, 0.05) is 13.1 Å². The summed E-state index contributed by atoms with van der Waals surface area (Å²) in [6, 6.07) is 2.67. The summed E-state index contributed by atoms with van der Waals surface area (Å²) in [4.78, 5) is 10.5. The summed E-state index contributed by atoms with van der Waals surface area (Å²) in [6.45, 7) is 4.63. The van der Waals surface area contributed by atoms with Gasteiger partial charge >= 0.3 is 0 Å². The zero-order valence-electron chi connectivity index (χ0n) is 10.0. The summed E-state index contributed by atoms with van der Waals surface area (Å²) in [6.07, 6.45) is 2.21. The van der Waals surface area contributed by atoms with E-state index in [1.54, 1.807) is 6.92 Å². The van der Waals surface area contributed by atoms with Gasteiger partial charge in [-0.15, -0.1) is 0 Å². The third-order valence-electron chi connectivity index (χ3n) is 2.43. The van der Waals surface area contributed by atoms with Crippen LogP contribution in [0.5, 0.6) is 0 Å². The Labute approximate surface area is 101 Å². The molecule has 6 heteroatoms. The Morgan fingerprint density at radius 3 is 2.53 bits per heavy atom. The first kappa shape index (κ1) is 13.9. The van der Waals surface area contributed by atoms with Gasteiger partial charge in [0.05, 0.1) is 0 Å². The van der Waals surface area contributed by atoms with Gasteiger partial charge in [0.1, 0.15) is 0 Å². The van der Waals surface area contributed by atoms with Crippen molar-refractivity contribution in [2.45, 2.75) is 31.8 Å². The summed E-state index contributed by atoms with van der Waals surface area (Å²) in [7, 11) is -3.60. The summed E-state index contributed by atoms with van der Waals surface area (Å²) >= 11 is 0. The van der Waals surface area contributed by atoms with E-state index in [9.17, 15) is 13.2 Å². The number of hydrogen-bond donors (Lipinski definition) is 0. The van der Waals surface area contributed by atoms with E-state index < -0.39 is 10.0 Å². The number of aldehydes is 1. The summed E-state index contributed by atoms with van der Waals surface area (Å²) in [5.41, 5.74) is 0. The molecule has 17 heavy (non-hydrogen) atoms. The van der Waals surface area contributed by atoms with Crippen LogP contribution in [0.15, 0.2) is 21.6 Å². The maximum Gasteiger partial charge on any atom is 0.276 e. The van der Waals surface area contributed by atoms with Crippen molar-refractivity contribution in [3.8, 4) is 0 Å². The average molecular weight is 259 g/mol. The first-order valence-corrected chi connectivity index (χ1v) is 7.05. The lowest BCUT2D eigenvalue weighted by Crippen LogP contribution is -2.31. The van der Waals surface area contributed by atoms with E-state index in [4.69, 9.17) is 4.42 Å². The highest BCUT2D eigenvalue weighted by atomic mass is 32.2. The van der Waals surface area contributed by atoms with Crippen LogP contribution in [0.2, 0.25) is 0 Å². The minimum absolute atomic E-state index is 0.0233. The highest BCUT2D eigenvalue weighted by Gasteiger charge is 2.25. The number of furan rings is 1. The minimum Gasteiger partial charge on any atom is -0.440 e. The predicted molar refractivity (Wildman–Crippen MR) is 63.4 cm³/mol. The largest absolute Gasteiger partial charge is 0.440 e. The molecule has 0 aromatic carbocycles. The molecule has 0 spiro atoms. The SMILES string of the molecule is CCCCN(CC)S(=O)(=O)c1ccc(C=O)o1. The highest BCUT2D eigenvalue weighted by molar-refractivity contribution is 7.89. The molecule has 0 N–H and O–H groups in total. The highest BCUT2D eigenvalue weighted by Crippen LogP contribution is 2.18. The monoisotopic (exact) mass is 259 g/mol. The molecule has 0 aliphatic heterocycles. The molecule has 96 valence electrons. The number of carbonyl (C=O) groups excluding carboxylic acids is 1. The van der Waals surface area contributed by atoms with E-state index in [-0.39, 0.29) is 10.9 Å². The van der Waals surface area contributed by atoms with Crippen molar-refractivity contribution in [2.75, 3.05) is 13.1 Å². The second-order valence-electron chi connectivity index (χ2n) is 3.62. The van der Waals surface area contributed by atoms with E-state index in [1.165, 1.54) is 16.4 Å². The zero-order chi connectivity index (χ0) is 12.9. The van der Waals surface area contributed by atoms with Crippen molar-refractivity contribution < 1.29 is 17.6 Å². The number of unbranched alkanes of at least 4 members (excludes halogenated alkanes) is 1. The first-order valence-electron chi connectivity index (χ1n) is 5.61. The van der Waals surface area contributed by atoms with Gasteiger partial charge in [-0.25, -0.2) is 8.42 Å². The van der Waals surface area contributed by atoms with Crippen molar-refractivity contribution in [2.24, 2.45) is 0 Å². The molecule has 0 amide bonds. The Balaban J connectivity index is 2.95. The molecule has 0 saturated heterocycles. The van der Waals surface area contributed by atoms with Crippen LogP contribution in [-0.4, -0.2) is 32.1 Å². The molecule has 5 nitrogen and oxygen atoms in total. The van der Waals surface area contributed by atoms with Crippen molar-refractivity contribution in [3.63, 3.8) is 0 Å². The zero-order valence-corrected chi connectivity index (χ0v) is 10.9. The molecule has 0 unspecified atom stereocenters. The molecule has 0 atom stereocenters. The third kappa shape index (κ3) is 3.17. The van der Waals surface area contributed by atoms with Gasteiger partial charge < -0.3 is 4.42 Å². The lowest BCUT2D eigenvalue weighted by Gasteiger charge is -2.18. The van der Waals surface area contributed by atoms with Crippen LogP contribution in [0, 0.1) is 0 Å². The molecule has 0 aliphatic carbocycles. The Bertz CT molecular complexity index is 464. The van der Waals surface area contributed by atoms with Crippen LogP contribution >= 0.6 is 0 Å². The van der Waals surface area contributed by atoms with Crippen LogP contribution in [0.4, 0.5) is 0 Å². The maximum atomic E-state index is 12.1. The standard InChI is InChI=1S/C11H17NO4S/c1-3-5-8-12(4-2)17(14,15)11-7-6-10(9-13)16-11/h6-7,9H,3-5,8H2,1-2H3. The molecule has 1 rings (SSSR count). The number of nitrogens with zero attached hydrogens (tertiary/aromatic N) is 1. The van der Waals surface area contributed by atoms with Crippen LogP contribution < -0.4 is 0 Å². The Hall–Kier alpha value is -1.14. The molecular weight excluding hydrogens is 242 g/mol. The molecular formula is C11H17NO4S. The van der Waals surface area contributed by atoms with Crippen molar-refractivity contribution >= 4 is 16.3 Å². The number of rotatable bonds is 7. The smallest absolute Gasteiger partial charge is 0.276 e. The van der Waals surface area contributed by atoms with Gasteiger partial charge in [-0.2, -0.15) is 4.31 Å². The minimum atomic E-state index is -3.60. The van der Waals surface area contributed by atoms with Crippen LogP contribution in [0.25, 0.3) is 0 Å². The average Bonchev–Trinajstić information content (AvgIpc) is 2.79. The molecule has 0 bridgehead atoms. The summed E-state index contributed by atoms with van der Waals surface area (Å²) < 4.78 is 30.5. The molecule has 0 radical (unpaired) electrons. The van der Waals surface area contributed by atoms with E-state index in [0.717, 1.165) is 12.8 Å². The van der Waals surface area contributed by atoms with Crippen LogP contribution in [-0.2, 0) is 10.0 Å². The molecule has 1 heterocycles. The second-order valence-corrected chi connectivity index (χ2v) is 5.49. The Morgan fingerprint density at radius 2 is 2.06 bits per heavy atom. The van der Waals surface area contributed by atoms with E-state index >= 15 is 0 Å². The van der Waals surface area contributed by atoms with Gasteiger partial charge in [0.15, 0.2) is 12.0 Å². The van der Waals surface area contributed by atoms with Crippen molar-refractivity contribution in [1.82, 2.24) is 4.31 Å². The maximum absolute atomic E-state index is 12.1. The fourth-order valence-corrected chi connectivity index (χ4v) is 2.85. The lowest BCUT2D eigenvalue weighted by atomic mass is 10.3. The Kier molecular flexibility index (Phi) is 4.89. The molecule has 1 aromatic heterocycles. The van der Waals surface area contributed by atoms with Gasteiger partial charge in [-0.1, -0.05) is 20.3 Å². The molecule has 0 saturated carbocycles. The Morgan fingerprint density at radius 1 is 1.35 bits per heavy atom. The first-order chi connectivity index (χ1) is 8.06. The van der Waals surface area contributed by atoms with Gasteiger partial charge in [0.25, 0.3) is 10.0 Å².